The Hall–Kier alpha value is -2.54. The third-order valence-electron chi connectivity index (χ3n) is 3.73. The molecule has 0 saturated carbocycles. The van der Waals surface area contributed by atoms with E-state index in [0.29, 0.717) is 24.6 Å². The molecule has 0 unspecified atom stereocenters. The van der Waals surface area contributed by atoms with Crippen molar-refractivity contribution in [1.29, 1.82) is 0 Å². The number of nitrogens with one attached hydrogen (secondary N) is 1. The highest BCUT2D eigenvalue weighted by molar-refractivity contribution is 7.92. The Morgan fingerprint density at radius 3 is 2.38 bits per heavy atom. The minimum atomic E-state index is -3.65. The summed E-state index contributed by atoms with van der Waals surface area (Å²) in [5, 5.41) is 2.76. The Labute approximate surface area is 154 Å². The van der Waals surface area contributed by atoms with E-state index in [4.69, 9.17) is 4.74 Å². The third-order valence-corrected chi connectivity index (χ3v) is 4.86. The number of amides is 1. The molecule has 0 atom stereocenters. The van der Waals surface area contributed by atoms with Crippen LogP contribution in [0.2, 0.25) is 0 Å². The molecule has 0 heterocycles. The van der Waals surface area contributed by atoms with Gasteiger partial charge in [-0.3, -0.25) is 9.10 Å². The van der Waals surface area contributed by atoms with Crippen molar-refractivity contribution in [2.45, 2.75) is 20.4 Å². The highest BCUT2D eigenvalue weighted by Crippen LogP contribution is 2.29. The van der Waals surface area contributed by atoms with E-state index in [1.807, 2.05) is 38.1 Å². The molecular formula is C19H24N2O4S. The average molecular weight is 376 g/mol. The number of nitrogens with zero attached hydrogens (tertiary/aromatic N) is 1. The molecule has 0 radical (unpaired) electrons. The van der Waals surface area contributed by atoms with Gasteiger partial charge in [-0.2, -0.15) is 0 Å². The van der Waals surface area contributed by atoms with Crippen LogP contribution in [0.4, 0.5) is 5.69 Å². The molecular weight excluding hydrogens is 352 g/mol. The number of para-hydroxylation sites is 2. The predicted octanol–water partition coefficient (Wildman–Crippen LogP) is 2.48. The van der Waals surface area contributed by atoms with Crippen molar-refractivity contribution >= 4 is 21.6 Å². The molecule has 140 valence electrons. The Morgan fingerprint density at radius 1 is 1.12 bits per heavy atom. The fourth-order valence-corrected chi connectivity index (χ4v) is 3.27. The van der Waals surface area contributed by atoms with Gasteiger partial charge in [0.25, 0.3) is 0 Å². The Balaban J connectivity index is 2.13. The van der Waals surface area contributed by atoms with Gasteiger partial charge >= 0.3 is 0 Å². The Bertz CT molecular complexity index is 848. The molecule has 0 saturated heterocycles. The monoisotopic (exact) mass is 376 g/mol. The molecule has 0 aliphatic rings. The van der Waals surface area contributed by atoms with Gasteiger partial charge in [-0.15, -0.1) is 0 Å². The average Bonchev–Trinajstić information content (AvgIpc) is 2.59. The maximum absolute atomic E-state index is 12.3. The number of carbonyl (C=O) groups is 1. The Kier molecular flexibility index (Phi) is 6.63. The molecule has 1 amide bonds. The van der Waals surface area contributed by atoms with Crippen LogP contribution < -0.4 is 14.4 Å². The summed E-state index contributed by atoms with van der Waals surface area (Å²) < 4.78 is 31.0. The molecule has 0 aromatic heterocycles. The number of anilines is 1. The number of sulfonamides is 1. The molecule has 7 heteroatoms. The summed E-state index contributed by atoms with van der Waals surface area (Å²) in [5.41, 5.74) is 2.43. The summed E-state index contributed by atoms with van der Waals surface area (Å²) in [7, 11) is -3.65. The fraction of sp³-hybridized carbons (Fsp3) is 0.316. The van der Waals surface area contributed by atoms with Crippen molar-refractivity contribution in [1.82, 2.24) is 5.32 Å². The maximum Gasteiger partial charge on any atom is 0.241 e. The molecule has 2 aromatic carbocycles. The van der Waals surface area contributed by atoms with E-state index in [-0.39, 0.29) is 12.5 Å². The lowest BCUT2D eigenvalue weighted by Gasteiger charge is -2.24. The number of hydrogen-bond acceptors (Lipinski definition) is 4. The van der Waals surface area contributed by atoms with Crippen molar-refractivity contribution in [2.75, 3.05) is 23.7 Å². The first-order valence-electron chi connectivity index (χ1n) is 8.33. The third kappa shape index (κ3) is 5.49. The first kappa shape index (κ1) is 19.8. The second-order valence-electron chi connectivity index (χ2n) is 5.93. The van der Waals surface area contributed by atoms with Gasteiger partial charge in [0.15, 0.2) is 0 Å². The maximum atomic E-state index is 12.3. The van der Waals surface area contributed by atoms with Crippen LogP contribution in [0.5, 0.6) is 5.75 Å². The van der Waals surface area contributed by atoms with Gasteiger partial charge in [0.2, 0.25) is 15.9 Å². The number of hydrogen-bond donors (Lipinski definition) is 1. The highest BCUT2D eigenvalue weighted by Gasteiger charge is 2.23. The van der Waals surface area contributed by atoms with Crippen molar-refractivity contribution < 1.29 is 17.9 Å². The lowest BCUT2D eigenvalue weighted by atomic mass is 10.1. The number of benzene rings is 2. The Morgan fingerprint density at radius 2 is 1.77 bits per heavy atom. The minimum Gasteiger partial charge on any atom is -0.492 e. The zero-order valence-corrected chi connectivity index (χ0v) is 16.0. The van der Waals surface area contributed by atoms with Gasteiger partial charge in [-0.25, -0.2) is 8.42 Å². The standard InChI is InChI=1S/C19H24N2O4S/c1-4-25-18-8-6-5-7-17(18)21(26(3,23)24)14-19(22)20-13-16-11-9-15(2)10-12-16/h5-12H,4,13-14H2,1-3H3,(H,20,22). The number of carbonyl (C=O) groups excluding carboxylic acids is 1. The number of aryl methyl sites for hydroxylation is 1. The summed E-state index contributed by atoms with van der Waals surface area (Å²) in [4.78, 5) is 12.3. The lowest BCUT2D eigenvalue weighted by Crippen LogP contribution is -2.40. The summed E-state index contributed by atoms with van der Waals surface area (Å²) in [6, 6.07) is 14.5. The summed E-state index contributed by atoms with van der Waals surface area (Å²) in [6.07, 6.45) is 1.07. The van der Waals surface area contributed by atoms with Crippen LogP contribution in [-0.2, 0) is 21.4 Å². The van der Waals surface area contributed by atoms with Crippen molar-refractivity contribution in [3.8, 4) is 5.75 Å². The van der Waals surface area contributed by atoms with Gasteiger partial charge in [0.1, 0.15) is 12.3 Å². The van der Waals surface area contributed by atoms with Crippen LogP contribution in [0.25, 0.3) is 0 Å². The van der Waals surface area contributed by atoms with Crippen LogP contribution >= 0.6 is 0 Å². The second kappa shape index (κ2) is 8.71. The van der Waals surface area contributed by atoms with E-state index in [2.05, 4.69) is 5.32 Å². The van der Waals surface area contributed by atoms with Crippen molar-refractivity contribution in [3.63, 3.8) is 0 Å². The first-order valence-corrected chi connectivity index (χ1v) is 10.2. The molecule has 0 aliphatic carbocycles. The van der Waals surface area contributed by atoms with Gasteiger partial charge < -0.3 is 10.1 Å². The first-order chi connectivity index (χ1) is 12.3. The smallest absolute Gasteiger partial charge is 0.241 e. The van der Waals surface area contributed by atoms with E-state index >= 15 is 0 Å². The van der Waals surface area contributed by atoms with Gasteiger partial charge in [0, 0.05) is 6.54 Å². The SMILES string of the molecule is CCOc1ccccc1N(CC(=O)NCc1ccc(C)cc1)S(C)(=O)=O. The van der Waals surface area contributed by atoms with Crippen LogP contribution in [0, 0.1) is 6.92 Å². The van der Waals surface area contributed by atoms with E-state index in [9.17, 15) is 13.2 Å². The van der Waals surface area contributed by atoms with Crippen LogP contribution in [0.15, 0.2) is 48.5 Å². The van der Waals surface area contributed by atoms with Gasteiger partial charge in [0.05, 0.1) is 18.6 Å². The van der Waals surface area contributed by atoms with Gasteiger partial charge in [-0.1, -0.05) is 42.0 Å². The number of rotatable bonds is 8. The molecule has 2 aromatic rings. The zero-order valence-electron chi connectivity index (χ0n) is 15.2. The summed E-state index contributed by atoms with van der Waals surface area (Å²) in [5.74, 6) is 0.0362. The van der Waals surface area contributed by atoms with E-state index < -0.39 is 10.0 Å². The van der Waals surface area contributed by atoms with Crippen molar-refractivity contribution in [2.24, 2.45) is 0 Å². The topological polar surface area (TPSA) is 75.7 Å². The summed E-state index contributed by atoms with van der Waals surface area (Å²) in [6.45, 7) is 4.23. The molecule has 2 rings (SSSR count). The molecule has 0 spiro atoms. The molecule has 0 fully saturated rings. The molecule has 6 nitrogen and oxygen atoms in total. The summed E-state index contributed by atoms with van der Waals surface area (Å²) >= 11 is 0. The van der Waals surface area contributed by atoms with Crippen molar-refractivity contribution in [3.05, 3.63) is 59.7 Å². The predicted molar refractivity (Wildman–Crippen MR) is 103 cm³/mol. The second-order valence-corrected chi connectivity index (χ2v) is 7.84. The minimum absolute atomic E-state index is 0.311. The van der Waals surface area contributed by atoms with E-state index in [0.717, 1.165) is 21.7 Å². The quantitative estimate of drug-likeness (QED) is 0.768. The zero-order chi connectivity index (χ0) is 19.2. The van der Waals surface area contributed by atoms with Gasteiger partial charge in [-0.05, 0) is 31.5 Å². The molecule has 0 bridgehead atoms. The molecule has 26 heavy (non-hydrogen) atoms. The van der Waals surface area contributed by atoms with E-state index in [1.165, 1.54) is 0 Å². The normalized spacial score (nSPS) is 11.0. The fourth-order valence-electron chi connectivity index (χ4n) is 2.41. The largest absolute Gasteiger partial charge is 0.492 e. The van der Waals surface area contributed by atoms with E-state index in [1.54, 1.807) is 24.3 Å². The van der Waals surface area contributed by atoms with Crippen LogP contribution in [0.1, 0.15) is 18.1 Å². The highest BCUT2D eigenvalue weighted by atomic mass is 32.2. The van der Waals surface area contributed by atoms with Crippen LogP contribution in [0.3, 0.4) is 0 Å². The molecule has 0 aliphatic heterocycles. The number of ether oxygens (including phenoxy) is 1. The lowest BCUT2D eigenvalue weighted by molar-refractivity contribution is -0.119. The van der Waals surface area contributed by atoms with Crippen LogP contribution in [-0.4, -0.2) is 33.7 Å². The molecule has 1 N–H and O–H groups in total.